The third-order valence-electron chi connectivity index (χ3n) is 2.71. The summed E-state index contributed by atoms with van der Waals surface area (Å²) in [7, 11) is 0. The van der Waals surface area contributed by atoms with Crippen LogP contribution in [-0.2, 0) is 0 Å². The number of benzene rings is 1. The van der Waals surface area contributed by atoms with Crippen LogP contribution in [0, 0.1) is 24.0 Å². The lowest BCUT2D eigenvalue weighted by molar-refractivity contribution is -0.384. The number of aromatic carboxylic acids is 1. The van der Waals surface area contributed by atoms with Gasteiger partial charge in [0.15, 0.2) is 11.4 Å². The van der Waals surface area contributed by atoms with E-state index in [4.69, 9.17) is 5.11 Å². The van der Waals surface area contributed by atoms with Gasteiger partial charge in [0.2, 0.25) is 0 Å². The molecule has 20 heavy (non-hydrogen) atoms. The van der Waals surface area contributed by atoms with Crippen LogP contribution >= 0.6 is 15.9 Å². The number of carbonyl (C=O) groups is 1. The molecule has 0 radical (unpaired) electrons. The smallest absolute Gasteiger partial charge is 0.356 e. The van der Waals surface area contributed by atoms with Gasteiger partial charge in [-0.05, 0) is 41.4 Å². The minimum atomic E-state index is -1.17. The predicted octanol–water partition coefficient (Wildman–Crippen LogP) is 2.86. The van der Waals surface area contributed by atoms with Gasteiger partial charge >= 0.3 is 5.97 Å². The van der Waals surface area contributed by atoms with Crippen LogP contribution in [0.25, 0.3) is 5.69 Å². The molecule has 0 saturated carbocycles. The van der Waals surface area contributed by atoms with Gasteiger partial charge in [0.1, 0.15) is 0 Å². The molecule has 2 rings (SSSR count). The first-order valence-electron chi connectivity index (χ1n) is 5.55. The summed E-state index contributed by atoms with van der Waals surface area (Å²) in [5.74, 6) is -1.17. The molecule has 1 aromatic heterocycles. The van der Waals surface area contributed by atoms with Crippen molar-refractivity contribution in [3.8, 4) is 5.69 Å². The van der Waals surface area contributed by atoms with Crippen LogP contribution in [0.2, 0.25) is 0 Å². The summed E-state index contributed by atoms with van der Waals surface area (Å²) in [6, 6.07) is 3.12. The van der Waals surface area contributed by atoms with Crippen molar-refractivity contribution < 1.29 is 14.8 Å². The fourth-order valence-corrected chi connectivity index (χ4v) is 2.61. The fraction of sp³-hybridized carbons (Fsp3) is 0.167. The van der Waals surface area contributed by atoms with Crippen LogP contribution in [0.3, 0.4) is 0 Å². The average molecular weight is 340 g/mol. The number of nitro benzene ring substituents is 1. The maximum atomic E-state index is 11.2. The van der Waals surface area contributed by atoms with Gasteiger partial charge in [-0.15, -0.1) is 0 Å². The van der Waals surface area contributed by atoms with Crippen molar-refractivity contribution in [1.29, 1.82) is 0 Å². The molecule has 0 atom stereocenters. The Hall–Kier alpha value is -2.22. The highest BCUT2D eigenvalue weighted by Gasteiger charge is 2.22. The van der Waals surface area contributed by atoms with E-state index in [0.717, 1.165) is 5.56 Å². The number of carboxylic acid groups (broad SMARTS) is 1. The van der Waals surface area contributed by atoms with Crippen molar-refractivity contribution >= 4 is 27.6 Å². The van der Waals surface area contributed by atoms with Crippen molar-refractivity contribution in [2.75, 3.05) is 0 Å². The molecule has 8 heteroatoms. The third-order valence-corrected chi connectivity index (χ3v) is 3.32. The largest absolute Gasteiger partial charge is 0.476 e. The van der Waals surface area contributed by atoms with Gasteiger partial charge in [-0.25, -0.2) is 9.48 Å². The highest BCUT2D eigenvalue weighted by Crippen LogP contribution is 2.32. The molecule has 1 N–H and O–H groups in total. The van der Waals surface area contributed by atoms with Gasteiger partial charge in [0, 0.05) is 17.8 Å². The second-order valence-corrected chi connectivity index (χ2v) is 5.14. The summed E-state index contributed by atoms with van der Waals surface area (Å²) >= 11 is 3.26. The molecule has 2 aromatic rings. The first-order valence-corrected chi connectivity index (χ1v) is 6.35. The van der Waals surface area contributed by atoms with Crippen LogP contribution in [0.5, 0.6) is 0 Å². The zero-order valence-electron chi connectivity index (χ0n) is 10.6. The van der Waals surface area contributed by atoms with Gasteiger partial charge < -0.3 is 5.11 Å². The Bertz CT molecular complexity index is 724. The van der Waals surface area contributed by atoms with E-state index in [0.29, 0.717) is 10.0 Å². The maximum absolute atomic E-state index is 11.2. The molecule has 0 spiro atoms. The van der Waals surface area contributed by atoms with Gasteiger partial charge in [0.25, 0.3) is 5.69 Å². The number of nitro groups is 1. The molecular weight excluding hydrogens is 330 g/mol. The highest BCUT2D eigenvalue weighted by molar-refractivity contribution is 9.10. The van der Waals surface area contributed by atoms with E-state index in [2.05, 4.69) is 21.0 Å². The normalized spacial score (nSPS) is 10.6. The number of hydrogen-bond acceptors (Lipinski definition) is 4. The Labute approximate surface area is 122 Å². The molecule has 0 saturated heterocycles. The summed E-state index contributed by atoms with van der Waals surface area (Å²) < 4.78 is 1.68. The molecule has 0 aliphatic carbocycles. The Morgan fingerprint density at radius 3 is 2.60 bits per heavy atom. The van der Waals surface area contributed by atoms with Crippen LogP contribution in [0.1, 0.15) is 21.6 Å². The van der Waals surface area contributed by atoms with E-state index in [1.54, 1.807) is 19.9 Å². The van der Waals surface area contributed by atoms with Gasteiger partial charge in [-0.2, -0.15) is 5.10 Å². The average Bonchev–Trinajstić information content (AvgIpc) is 2.69. The van der Waals surface area contributed by atoms with Crippen LogP contribution in [0.4, 0.5) is 5.69 Å². The molecule has 0 fully saturated rings. The molecule has 0 aliphatic heterocycles. The lowest BCUT2D eigenvalue weighted by atomic mass is 10.2. The second kappa shape index (κ2) is 5.04. The van der Waals surface area contributed by atoms with E-state index < -0.39 is 10.9 Å². The number of rotatable bonds is 3. The van der Waals surface area contributed by atoms with E-state index >= 15 is 0 Å². The van der Waals surface area contributed by atoms with Gasteiger partial charge in [0.05, 0.1) is 9.40 Å². The molecule has 0 amide bonds. The lowest BCUT2D eigenvalue weighted by Crippen LogP contribution is -2.05. The van der Waals surface area contributed by atoms with Crippen molar-refractivity contribution in [3.05, 3.63) is 49.7 Å². The summed E-state index contributed by atoms with van der Waals surface area (Å²) in [6.07, 6.45) is 1.45. The van der Waals surface area contributed by atoms with E-state index in [-0.39, 0.29) is 17.1 Å². The van der Waals surface area contributed by atoms with E-state index in [1.165, 1.54) is 16.9 Å². The number of nitrogens with zero attached hydrogens (tertiary/aromatic N) is 3. The van der Waals surface area contributed by atoms with Crippen LogP contribution in [0.15, 0.2) is 22.8 Å². The summed E-state index contributed by atoms with van der Waals surface area (Å²) in [5.41, 5.74) is 1.08. The molecule has 7 nitrogen and oxygen atoms in total. The van der Waals surface area contributed by atoms with Crippen LogP contribution < -0.4 is 0 Å². The Morgan fingerprint density at radius 2 is 2.10 bits per heavy atom. The number of aromatic nitrogens is 2. The molecule has 0 aliphatic rings. The maximum Gasteiger partial charge on any atom is 0.356 e. The molecule has 1 heterocycles. The number of aryl methyl sites for hydroxylation is 2. The van der Waals surface area contributed by atoms with E-state index in [9.17, 15) is 14.9 Å². The predicted molar refractivity (Wildman–Crippen MR) is 74.4 cm³/mol. The van der Waals surface area contributed by atoms with Crippen molar-refractivity contribution in [1.82, 2.24) is 9.78 Å². The minimum absolute atomic E-state index is 0.133. The van der Waals surface area contributed by atoms with E-state index in [1.807, 2.05) is 0 Å². The fourth-order valence-electron chi connectivity index (χ4n) is 1.87. The number of halogens is 1. The summed E-state index contributed by atoms with van der Waals surface area (Å²) in [4.78, 5) is 21.6. The molecular formula is C12H10BrN3O4. The van der Waals surface area contributed by atoms with Gasteiger partial charge in [-0.3, -0.25) is 10.1 Å². The Kier molecular flexibility index (Phi) is 3.58. The molecule has 1 aromatic carbocycles. The first-order chi connectivity index (χ1) is 9.31. The van der Waals surface area contributed by atoms with Crippen molar-refractivity contribution in [2.45, 2.75) is 13.8 Å². The SMILES string of the molecule is Cc1cc(Br)c(-n2cc(C)c(C(=O)O)n2)c([N+](=O)[O-])c1. The first kappa shape index (κ1) is 14.2. The van der Waals surface area contributed by atoms with Crippen LogP contribution in [-0.4, -0.2) is 25.8 Å². The summed E-state index contributed by atoms with van der Waals surface area (Å²) in [6.45, 7) is 3.32. The Balaban J connectivity index is 2.72. The summed E-state index contributed by atoms with van der Waals surface area (Å²) in [5, 5.41) is 24.0. The monoisotopic (exact) mass is 339 g/mol. The number of hydrogen-bond donors (Lipinski definition) is 1. The minimum Gasteiger partial charge on any atom is -0.476 e. The third kappa shape index (κ3) is 2.42. The highest BCUT2D eigenvalue weighted by atomic mass is 79.9. The lowest BCUT2D eigenvalue weighted by Gasteiger charge is -2.06. The Morgan fingerprint density at radius 1 is 1.45 bits per heavy atom. The number of carboxylic acids is 1. The van der Waals surface area contributed by atoms with Crippen molar-refractivity contribution in [3.63, 3.8) is 0 Å². The second-order valence-electron chi connectivity index (χ2n) is 4.28. The standard InChI is InChI=1S/C12H10BrN3O4/c1-6-3-8(13)11(9(4-6)16(19)20)15-5-7(2)10(14-15)12(17)18/h3-5H,1-2H3,(H,17,18). The zero-order chi connectivity index (χ0) is 15.0. The molecule has 0 bridgehead atoms. The zero-order valence-corrected chi connectivity index (χ0v) is 12.2. The van der Waals surface area contributed by atoms with Crippen molar-refractivity contribution in [2.24, 2.45) is 0 Å². The molecule has 0 unspecified atom stereocenters. The quantitative estimate of drug-likeness (QED) is 0.684. The molecule has 104 valence electrons. The van der Waals surface area contributed by atoms with Gasteiger partial charge in [-0.1, -0.05) is 0 Å². The topological polar surface area (TPSA) is 98.3 Å².